The highest BCUT2D eigenvalue weighted by Gasteiger charge is 2.39. The average molecular weight is 423 g/mol. The molecule has 2 heterocycles. The second-order valence-electron chi connectivity index (χ2n) is 8.97. The van der Waals surface area contributed by atoms with E-state index in [0.717, 1.165) is 19.3 Å². The zero-order valence-corrected chi connectivity index (χ0v) is 18.7. The van der Waals surface area contributed by atoms with Gasteiger partial charge in [-0.3, -0.25) is 9.59 Å². The van der Waals surface area contributed by atoms with Gasteiger partial charge in [-0.05, 0) is 69.1 Å². The monoisotopic (exact) mass is 422 g/mol. The lowest BCUT2D eigenvalue weighted by molar-refractivity contribution is -0.134. The molecule has 2 amide bonds. The lowest BCUT2D eigenvalue weighted by Gasteiger charge is -2.31. The van der Waals surface area contributed by atoms with E-state index < -0.39 is 0 Å². The molecule has 2 N–H and O–H groups in total. The van der Waals surface area contributed by atoms with Crippen molar-refractivity contribution in [3.05, 3.63) is 58.9 Å². The van der Waals surface area contributed by atoms with Gasteiger partial charge in [0, 0.05) is 31.9 Å². The fraction of sp³-hybridized carbons (Fsp3) is 0.520. The highest BCUT2D eigenvalue weighted by Crippen LogP contribution is 2.31. The van der Waals surface area contributed by atoms with Crippen molar-refractivity contribution >= 4 is 11.8 Å². The average Bonchev–Trinajstić information content (AvgIpc) is 3.21. The van der Waals surface area contributed by atoms with Gasteiger partial charge in [-0.25, -0.2) is 5.43 Å². The van der Waals surface area contributed by atoms with Crippen molar-refractivity contribution in [2.75, 3.05) is 13.1 Å². The van der Waals surface area contributed by atoms with Crippen LogP contribution in [0.4, 0.5) is 0 Å². The van der Waals surface area contributed by atoms with Gasteiger partial charge < -0.3 is 15.2 Å². The highest BCUT2D eigenvalue weighted by molar-refractivity contribution is 5.85. The quantitative estimate of drug-likeness (QED) is 0.659. The van der Waals surface area contributed by atoms with Crippen molar-refractivity contribution in [2.45, 2.75) is 70.9 Å². The minimum Gasteiger partial charge on any atom is -0.356 e. The first-order valence-corrected chi connectivity index (χ1v) is 11.6. The van der Waals surface area contributed by atoms with Crippen LogP contribution >= 0.6 is 0 Å². The van der Waals surface area contributed by atoms with Gasteiger partial charge in [-0.1, -0.05) is 29.8 Å². The number of carbonyl (C=O) groups excluding carboxylic acids is 2. The number of nitrogens with zero attached hydrogens (tertiary/aromatic N) is 2. The first-order valence-electron chi connectivity index (χ1n) is 11.6. The number of amides is 2. The first kappa shape index (κ1) is 21.6. The van der Waals surface area contributed by atoms with Gasteiger partial charge in [-0.2, -0.15) is 0 Å². The molecule has 0 bridgehead atoms. The van der Waals surface area contributed by atoms with Gasteiger partial charge in [-0.15, -0.1) is 0 Å². The number of rotatable bonds is 7. The van der Waals surface area contributed by atoms with Crippen LogP contribution in [0.3, 0.4) is 0 Å². The molecule has 0 aromatic heterocycles. The molecule has 0 saturated carbocycles. The molecule has 1 saturated heterocycles. The Morgan fingerprint density at radius 1 is 1.19 bits per heavy atom. The van der Waals surface area contributed by atoms with Crippen molar-refractivity contribution in [1.29, 1.82) is 0 Å². The number of aryl methyl sites for hydroxylation is 2. The number of carbonyl (C=O) groups is 2. The smallest absolute Gasteiger partial charge is 0.250 e. The summed E-state index contributed by atoms with van der Waals surface area (Å²) in [6.45, 7) is 5.33. The Bertz CT molecular complexity index is 892. The normalized spacial score (nSPS) is 23.0. The summed E-state index contributed by atoms with van der Waals surface area (Å²) in [6.07, 6.45) is 12.9. The van der Waals surface area contributed by atoms with Crippen molar-refractivity contribution in [1.82, 2.24) is 20.7 Å². The Labute approximate surface area is 185 Å². The summed E-state index contributed by atoms with van der Waals surface area (Å²) in [4.78, 5) is 26.9. The second-order valence-corrected chi connectivity index (χ2v) is 8.97. The molecule has 0 spiro atoms. The molecule has 0 radical (unpaired) electrons. The Morgan fingerprint density at radius 3 is 2.84 bits per heavy atom. The largest absolute Gasteiger partial charge is 0.356 e. The van der Waals surface area contributed by atoms with E-state index in [-0.39, 0.29) is 23.9 Å². The number of fused-ring (bicyclic) bond motifs is 1. The standard InChI is InChI=1S/C25H34N4O2/c1-18-8-9-21(16-19(18)2)22-17-23-25(31)28(14-15-29(23)27-22)13-11-24(30)26-12-10-20-6-4-3-5-7-20/h6,8-9,14-16,22-23,27H,3-5,7,10-13,17H2,1-2H3,(H,26,30). The predicted octanol–water partition coefficient (Wildman–Crippen LogP) is 3.63. The van der Waals surface area contributed by atoms with Crippen LogP contribution in [-0.4, -0.2) is 40.9 Å². The molecular weight excluding hydrogens is 388 g/mol. The van der Waals surface area contributed by atoms with E-state index in [2.05, 4.69) is 48.9 Å². The first-order chi connectivity index (χ1) is 15.0. The maximum Gasteiger partial charge on any atom is 0.250 e. The molecule has 31 heavy (non-hydrogen) atoms. The van der Waals surface area contributed by atoms with Gasteiger partial charge in [0.25, 0.3) is 5.91 Å². The molecule has 166 valence electrons. The molecule has 1 fully saturated rings. The molecular formula is C25H34N4O2. The molecule has 6 heteroatoms. The molecule has 2 atom stereocenters. The molecule has 2 unspecified atom stereocenters. The van der Waals surface area contributed by atoms with Crippen LogP contribution in [0, 0.1) is 13.8 Å². The number of nitrogens with one attached hydrogen (secondary N) is 2. The molecule has 1 aromatic carbocycles. The van der Waals surface area contributed by atoms with Crippen LogP contribution in [0.5, 0.6) is 0 Å². The SMILES string of the molecule is Cc1ccc(C2CC3C(=O)N(CCC(=O)NCCC4=CCCCC4)C=CN3N2)cc1C. The summed E-state index contributed by atoms with van der Waals surface area (Å²) in [7, 11) is 0. The molecule has 2 aliphatic heterocycles. The molecule has 1 aromatic rings. The van der Waals surface area contributed by atoms with Gasteiger partial charge >= 0.3 is 0 Å². The van der Waals surface area contributed by atoms with E-state index in [9.17, 15) is 9.59 Å². The fourth-order valence-electron chi connectivity index (χ4n) is 4.62. The van der Waals surface area contributed by atoms with E-state index in [1.54, 1.807) is 11.1 Å². The van der Waals surface area contributed by atoms with Gasteiger partial charge in [0.05, 0.1) is 6.04 Å². The molecule has 1 aliphatic carbocycles. The third-order valence-corrected chi connectivity index (χ3v) is 6.74. The number of hydrogen-bond acceptors (Lipinski definition) is 4. The maximum atomic E-state index is 13.0. The lowest BCUT2D eigenvalue weighted by atomic mass is 9.97. The predicted molar refractivity (Wildman–Crippen MR) is 122 cm³/mol. The van der Waals surface area contributed by atoms with Crippen molar-refractivity contribution in [3.8, 4) is 0 Å². The number of allylic oxidation sites excluding steroid dienone is 1. The van der Waals surface area contributed by atoms with Crippen molar-refractivity contribution in [3.63, 3.8) is 0 Å². The van der Waals surface area contributed by atoms with E-state index in [4.69, 9.17) is 0 Å². The number of hydrazine groups is 1. The third kappa shape index (κ3) is 5.18. The fourth-order valence-corrected chi connectivity index (χ4v) is 4.62. The van der Waals surface area contributed by atoms with Crippen molar-refractivity contribution in [2.24, 2.45) is 0 Å². The van der Waals surface area contributed by atoms with Crippen LogP contribution < -0.4 is 10.7 Å². The summed E-state index contributed by atoms with van der Waals surface area (Å²) in [5, 5.41) is 4.92. The van der Waals surface area contributed by atoms with Crippen LogP contribution in [0.15, 0.2) is 42.2 Å². The summed E-state index contributed by atoms with van der Waals surface area (Å²) in [6, 6.07) is 6.37. The minimum absolute atomic E-state index is 0.0117. The van der Waals surface area contributed by atoms with Gasteiger partial charge in [0.15, 0.2) is 0 Å². The van der Waals surface area contributed by atoms with E-state index in [1.165, 1.54) is 41.5 Å². The minimum atomic E-state index is -0.224. The van der Waals surface area contributed by atoms with Crippen molar-refractivity contribution < 1.29 is 9.59 Å². The number of benzene rings is 1. The van der Waals surface area contributed by atoms with E-state index >= 15 is 0 Å². The van der Waals surface area contributed by atoms with Crippen LogP contribution in [0.25, 0.3) is 0 Å². The second kappa shape index (κ2) is 9.69. The molecule has 4 rings (SSSR count). The lowest BCUT2D eigenvalue weighted by Crippen LogP contribution is -2.48. The summed E-state index contributed by atoms with van der Waals surface area (Å²) in [5.74, 6) is 0.0686. The summed E-state index contributed by atoms with van der Waals surface area (Å²) in [5.41, 5.74) is 8.65. The maximum absolute atomic E-state index is 13.0. The Morgan fingerprint density at radius 2 is 2.06 bits per heavy atom. The van der Waals surface area contributed by atoms with Crippen LogP contribution in [0.1, 0.15) is 67.7 Å². The zero-order chi connectivity index (χ0) is 21.8. The Hall–Kier alpha value is -2.60. The Balaban J connectivity index is 1.25. The van der Waals surface area contributed by atoms with Crippen LogP contribution in [-0.2, 0) is 9.59 Å². The van der Waals surface area contributed by atoms with Gasteiger partial charge in [0.2, 0.25) is 5.91 Å². The highest BCUT2D eigenvalue weighted by atomic mass is 16.2. The van der Waals surface area contributed by atoms with E-state index in [1.807, 2.05) is 11.2 Å². The zero-order valence-electron chi connectivity index (χ0n) is 18.7. The summed E-state index contributed by atoms with van der Waals surface area (Å²) >= 11 is 0. The topological polar surface area (TPSA) is 64.7 Å². The van der Waals surface area contributed by atoms with Gasteiger partial charge in [0.1, 0.15) is 6.04 Å². The third-order valence-electron chi connectivity index (χ3n) is 6.74. The summed E-state index contributed by atoms with van der Waals surface area (Å²) < 4.78 is 0. The molecule has 6 nitrogen and oxygen atoms in total. The van der Waals surface area contributed by atoms with E-state index in [0.29, 0.717) is 19.5 Å². The Kier molecular flexibility index (Phi) is 6.76. The van der Waals surface area contributed by atoms with Crippen LogP contribution in [0.2, 0.25) is 0 Å². The molecule has 3 aliphatic rings. The number of hydrogen-bond donors (Lipinski definition) is 2.